The van der Waals surface area contributed by atoms with Gasteiger partial charge in [-0.1, -0.05) is 39.5 Å². The number of nitrogens with one attached hydrogen (secondary N) is 1. The van der Waals surface area contributed by atoms with Crippen LogP contribution >= 0.6 is 24.4 Å². The number of nitrogens with zero attached hydrogens (tertiary/aromatic N) is 3. The zero-order valence-corrected chi connectivity index (χ0v) is 18.2. The highest BCUT2D eigenvalue weighted by atomic mass is 32.2. The molecule has 0 fully saturated rings. The van der Waals surface area contributed by atoms with Crippen LogP contribution in [-0.2, 0) is 0 Å². The molecule has 0 aliphatic rings. The monoisotopic (exact) mass is 432 g/mol. The first-order valence-corrected chi connectivity index (χ1v) is 10.6. The Morgan fingerprint density at radius 1 is 1.14 bits per heavy atom. The van der Waals surface area contributed by atoms with Gasteiger partial charge in [0.15, 0.2) is 28.3 Å². The minimum absolute atomic E-state index is 0.0789. The molecule has 0 saturated carbocycles. The molecule has 0 unspecified atom stereocenters. The van der Waals surface area contributed by atoms with Crippen LogP contribution in [0.4, 0.5) is 13.2 Å². The molecule has 0 aliphatic carbocycles. The lowest BCUT2D eigenvalue weighted by atomic mass is 9.99. The summed E-state index contributed by atoms with van der Waals surface area (Å²) in [5.41, 5.74) is 0.480. The fraction of sp³-hybridized carbons (Fsp3) is 0.389. The van der Waals surface area contributed by atoms with Gasteiger partial charge in [0.25, 0.3) is 0 Å². The number of thiol groups is 1. The predicted molar refractivity (Wildman–Crippen MR) is 111 cm³/mol. The second kappa shape index (κ2) is 10.6. The minimum Gasteiger partial charge on any atom is -0.285 e. The molecule has 0 spiro atoms. The second-order valence-electron chi connectivity index (χ2n) is 5.46. The maximum atomic E-state index is 13.7. The van der Waals surface area contributed by atoms with Gasteiger partial charge in [-0.3, -0.25) is 4.98 Å². The summed E-state index contributed by atoms with van der Waals surface area (Å²) in [4.78, 5) is 19.0. The fourth-order valence-corrected chi connectivity index (χ4v) is 2.78. The first kappa shape index (κ1) is 24.1. The van der Waals surface area contributed by atoms with Gasteiger partial charge in [0.05, 0.1) is 11.3 Å². The number of halogens is 3. The van der Waals surface area contributed by atoms with Gasteiger partial charge in [0, 0.05) is 0 Å². The Balaban J connectivity index is 0.000000921. The van der Waals surface area contributed by atoms with E-state index in [1.807, 2.05) is 27.7 Å². The molecule has 0 saturated heterocycles. The SMILES string of the molecule is CC.CS.CSc1nc2c(-c3cc(F)c(F)c(F)c3)c(C(C)C)nn2c(=O)[nH]1. The highest BCUT2D eigenvalue weighted by Gasteiger charge is 2.23. The molecule has 1 N–H and O–H groups in total. The Hall–Kier alpha value is -1.94. The average Bonchev–Trinajstić information content (AvgIpc) is 3.09. The molecule has 5 nitrogen and oxygen atoms in total. The molecule has 10 heteroatoms. The summed E-state index contributed by atoms with van der Waals surface area (Å²) in [6.45, 7) is 7.65. The third-order valence-electron chi connectivity index (χ3n) is 3.51. The van der Waals surface area contributed by atoms with Crippen molar-refractivity contribution in [3.8, 4) is 11.1 Å². The van der Waals surface area contributed by atoms with Crippen molar-refractivity contribution in [1.29, 1.82) is 0 Å². The van der Waals surface area contributed by atoms with E-state index in [0.717, 1.165) is 16.6 Å². The highest BCUT2D eigenvalue weighted by molar-refractivity contribution is 7.98. The Labute approximate surface area is 171 Å². The van der Waals surface area contributed by atoms with Crippen molar-refractivity contribution in [3.63, 3.8) is 0 Å². The van der Waals surface area contributed by atoms with Crippen LogP contribution in [0.2, 0.25) is 0 Å². The van der Waals surface area contributed by atoms with E-state index >= 15 is 0 Å². The van der Waals surface area contributed by atoms with Gasteiger partial charge in [0.1, 0.15) is 0 Å². The molecule has 1 aromatic carbocycles. The Kier molecular flexibility index (Phi) is 9.09. The van der Waals surface area contributed by atoms with E-state index in [4.69, 9.17) is 0 Å². The quantitative estimate of drug-likeness (QED) is 0.350. The maximum Gasteiger partial charge on any atom is 0.350 e. The lowest BCUT2D eigenvalue weighted by Crippen LogP contribution is -2.19. The first-order chi connectivity index (χ1) is 13.3. The van der Waals surface area contributed by atoms with Crippen LogP contribution in [0.5, 0.6) is 0 Å². The number of thioether (sulfide) groups is 1. The number of hydrogen-bond acceptors (Lipinski definition) is 5. The van der Waals surface area contributed by atoms with Crippen LogP contribution in [0.25, 0.3) is 16.8 Å². The standard InChI is InChI=1S/C15H13F3N4OS.C2H6.CH4S/c1-6(2)12-10(7-4-8(16)11(18)9(17)5-7)13-19-14(24-3)20-15(23)22(13)21-12;2*1-2/h4-6H,1-3H3,(H,19,20,23);1-2H3;2H,1H3. The summed E-state index contributed by atoms with van der Waals surface area (Å²) < 4.78 is 41.6. The number of rotatable bonds is 3. The molecular weight excluding hydrogens is 409 g/mol. The lowest BCUT2D eigenvalue weighted by Gasteiger charge is -2.07. The van der Waals surface area contributed by atoms with Gasteiger partial charge in [-0.2, -0.15) is 22.2 Å². The zero-order valence-electron chi connectivity index (χ0n) is 16.5. The summed E-state index contributed by atoms with van der Waals surface area (Å²) in [6.07, 6.45) is 3.42. The van der Waals surface area contributed by atoms with Crippen LogP contribution in [0.3, 0.4) is 0 Å². The van der Waals surface area contributed by atoms with Crippen molar-refractivity contribution in [1.82, 2.24) is 19.6 Å². The fourth-order valence-electron chi connectivity index (χ4n) is 2.42. The molecule has 0 bridgehead atoms. The van der Waals surface area contributed by atoms with Crippen molar-refractivity contribution in [2.24, 2.45) is 0 Å². The van der Waals surface area contributed by atoms with Gasteiger partial charge in [-0.25, -0.2) is 22.9 Å². The molecule has 2 aromatic heterocycles. The number of fused-ring (bicyclic) bond motifs is 1. The van der Waals surface area contributed by atoms with E-state index in [1.54, 1.807) is 12.5 Å². The predicted octanol–water partition coefficient (Wildman–Crippen LogP) is 4.92. The van der Waals surface area contributed by atoms with Gasteiger partial charge in [-0.15, -0.1) is 0 Å². The van der Waals surface area contributed by atoms with Crippen LogP contribution < -0.4 is 5.69 Å². The number of aromatic nitrogens is 4. The molecule has 28 heavy (non-hydrogen) atoms. The highest BCUT2D eigenvalue weighted by Crippen LogP contribution is 2.33. The second-order valence-corrected chi connectivity index (χ2v) is 6.25. The summed E-state index contributed by atoms with van der Waals surface area (Å²) in [5.74, 6) is -4.31. The molecular formula is C18H23F3N4OS2. The van der Waals surface area contributed by atoms with Gasteiger partial charge in [-0.05, 0) is 36.1 Å². The van der Waals surface area contributed by atoms with E-state index < -0.39 is 23.1 Å². The van der Waals surface area contributed by atoms with Crippen molar-refractivity contribution < 1.29 is 13.2 Å². The van der Waals surface area contributed by atoms with Crippen LogP contribution in [0.15, 0.2) is 22.1 Å². The molecule has 3 aromatic rings. The van der Waals surface area contributed by atoms with E-state index in [1.165, 1.54) is 11.8 Å². The third kappa shape index (κ3) is 4.72. The molecule has 0 amide bonds. The van der Waals surface area contributed by atoms with Crippen LogP contribution in [0.1, 0.15) is 39.3 Å². The number of hydrogen-bond donors (Lipinski definition) is 2. The molecule has 154 valence electrons. The Morgan fingerprint density at radius 2 is 1.68 bits per heavy atom. The molecule has 2 heterocycles. The van der Waals surface area contributed by atoms with Crippen molar-refractivity contribution >= 4 is 30.0 Å². The maximum absolute atomic E-state index is 13.7. The minimum atomic E-state index is -1.54. The summed E-state index contributed by atoms with van der Waals surface area (Å²) >= 11 is 4.74. The molecule has 0 atom stereocenters. The summed E-state index contributed by atoms with van der Waals surface area (Å²) in [5, 5.41) is 4.55. The van der Waals surface area contributed by atoms with Gasteiger partial charge >= 0.3 is 5.69 Å². The largest absolute Gasteiger partial charge is 0.350 e. The zero-order chi connectivity index (χ0) is 21.6. The van der Waals surface area contributed by atoms with Crippen molar-refractivity contribution in [3.05, 3.63) is 45.8 Å². The molecule has 0 radical (unpaired) electrons. The van der Waals surface area contributed by atoms with E-state index in [-0.39, 0.29) is 17.1 Å². The smallest absolute Gasteiger partial charge is 0.285 e. The first-order valence-electron chi connectivity index (χ1n) is 8.50. The van der Waals surface area contributed by atoms with E-state index in [2.05, 4.69) is 27.7 Å². The lowest BCUT2D eigenvalue weighted by molar-refractivity contribution is 0.447. The van der Waals surface area contributed by atoms with Crippen LogP contribution in [0, 0.1) is 17.5 Å². The van der Waals surface area contributed by atoms with Gasteiger partial charge in [0.2, 0.25) is 0 Å². The molecule has 0 aliphatic heterocycles. The van der Waals surface area contributed by atoms with Crippen LogP contribution in [-0.4, -0.2) is 32.1 Å². The summed E-state index contributed by atoms with van der Waals surface area (Å²) in [6, 6.07) is 1.76. The number of H-pyrrole nitrogens is 1. The normalized spacial score (nSPS) is 10.4. The number of benzene rings is 1. The van der Waals surface area contributed by atoms with E-state index in [9.17, 15) is 18.0 Å². The van der Waals surface area contributed by atoms with E-state index in [0.29, 0.717) is 16.4 Å². The topological polar surface area (TPSA) is 63.1 Å². The summed E-state index contributed by atoms with van der Waals surface area (Å²) in [7, 11) is 0. The Bertz CT molecular complexity index is 979. The third-order valence-corrected chi connectivity index (χ3v) is 4.09. The Morgan fingerprint density at radius 3 is 2.14 bits per heavy atom. The van der Waals surface area contributed by atoms with Crippen molar-refractivity contribution in [2.75, 3.05) is 12.5 Å². The average molecular weight is 433 g/mol. The van der Waals surface area contributed by atoms with Crippen molar-refractivity contribution in [2.45, 2.75) is 38.8 Å². The number of aromatic amines is 1. The molecule has 3 rings (SSSR count). The van der Waals surface area contributed by atoms with Gasteiger partial charge < -0.3 is 0 Å².